The molecule has 2 amide bonds. The molecule has 0 aliphatic rings. The highest BCUT2D eigenvalue weighted by Crippen LogP contribution is 2.43. The molecule has 0 saturated carbocycles. The summed E-state index contributed by atoms with van der Waals surface area (Å²) in [7, 11) is 1.64. The largest absolute Gasteiger partial charge is 0.465 e. The van der Waals surface area contributed by atoms with Crippen LogP contribution in [0.3, 0.4) is 0 Å². The maximum Gasteiger partial charge on any atom is 0.404 e. The van der Waals surface area contributed by atoms with Crippen LogP contribution in [0.4, 0.5) is 4.79 Å². The van der Waals surface area contributed by atoms with E-state index in [4.69, 9.17) is 23.2 Å². The predicted molar refractivity (Wildman–Crippen MR) is 123 cm³/mol. The van der Waals surface area contributed by atoms with Crippen molar-refractivity contribution < 1.29 is 24.9 Å². The summed E-state index contributed by atoms with van der Waals surface area (Å²) in [4.78, 5) is 26.1. The number of halogens is 2. The van der Waals surface area contributed by atoms with E-state index in [0.29, 0.717) is 10.6 Å². The number of likely N-dealkylation sites (N-methyl/N-ethyl adjacent to an activating group) is 1. The lowest BCUT2D eigenvalue weighted by Crippen LogP contribution is -2.62. The summed E-state index contributed by atoms with van der Waals surface area (Å²) in [5.74, 6) is -0.411. The number of hydrogen-bond donors (Lipinski definition) is 4. The van der Waals surface area contributed by atoms with Gasteiger partial charge in [0.1, 0.15) is 0 Å². The van der Waals surface area contributed by atoms with Crippen LogP contribution in [0.25, 0.3) is 0 Å². The van der Waals surface area contributed by atoms with Gasteiger partial charge in [0, 0.05) is 31.0 Å². The molecule has 0 heterocycles. The number of nitrogens with one attached hydrogen (secondary N) is 1. The molecule has 9 heteroatoms. The summed E-state index contributed by atoms with van der Waals surface area (Å²) in [6.07, 6.45) is -2.41. The van der Waals surface area contributed by atoms with E-state index in [0.717, 1.165) is 0 Å². The maximum atomic E-state index is 12.8. The molecule has 176 valence electrons. The van der Waals surface area contributed by atoms with Gasteiger partial charge in [0.05, 0.1) is 22.8 Å². The van der Waals surface area contributed by atoms with E-state index in [2.05, 4.69) is 5.32 Å². The Morgan fingerprint density at radius 1 is 1.16 bits per heavy atom. The molecule has 0 saturated heterocycles. The lowest BCUT2D eigenvalue weighted by molar-refractivity contribution is -0.134. The second-order valence-electron chi connectivity index (χ2n) is 9.42. The average Bonchev–Trinajstić information content (AvgIpc) is 2.65. The van der Waals surface area contributed by atoms with Gasteiger partial charge in [0.25, 0.3) is 0 Å². The number of hydrogen-bond acceptors (Lipinski definition) is 4. The summed E-state index contributed by atoms with van der Waals surface area (Å²) >= 11 is 12.4. The first kappa shape index (κ1) is 27.5. The lowest BCUT2D eigenvalue weighted by atomic mass is 9.62. The zero-order chi connectivity index (χ0) is 24.1. The zero-order valence-electron chi connectivity index (χ0n) is 18.9. The predicted octanol–water partition coefficient (Wildman–Crippen LogP) is 3.77. The fourth-order valence-electron chi connectivity index (χ4n) is 4.19. The molecule has 3 unspecified atom stereocenters. The third kappa shape index (κ3) is 6.97. The highest BCUT2D eigenvalue weighted by Gasteiger charge is 2.49. The van der Waals surface area contributed by atoms with Crippen molar-refractivity contribution in [2.75, 3.05) is 20.2 Å². The third-order valence-corrected chi connectivity index (χ3v) is 6.12. The van der Waals surface area contributed by atoms with E-state index in [1.807, 2.05) is 20.8 Å². The molecule has 0 radical (unpaired) electrons. The molecule has 0 bridgehead atoms. The van der Waals surface area contributed by atoms with Gasteiger partial charge in [0.2, 0.25) is 5.91 Å². The second-order valence-corrected chi connectivity index (χ2v) is 10.2. The number of carbonyl (C=O) groups excluding carboxylic acids is 1. The van der Waals surface area contributed by atoms with Crippen LogP contribution in [-0.2, 0) is 10.2 Å². The van der Waals surface area contributed by atoms with Gasteiger partial charge in [-0.2, -0.15) is 0 Å². The van der Waals surface area contributed by atoms with Gasteiger partial charge in [-0.1, -0.05) is 63.9 Å². The summed E-state index contributed by atoms with van der Waals surface area (Å²) in [6.45, 7) is 8.73. The van der Waals surface area contributed by atoms with Crippen LogP contribution >= 0.6 is 23.2 Å². The summed E-state index contributed by atoms with van der Waals surface area (Å²) in [6, 6.07) is 4.20. The fraction of sp³-hybridized carbons (Fsp3) is 0.636. The van der Waals surface area contributed by atoms with Crippen LogP contribution in [0.1, 0.15) is 46.6 Å². The van der Waals surface area contributed by atoms with Gasteiger partial charge in [-0.15, -0.1) is 0 Å². The summed E-state index contributed by atoms with van der Waals surface area (Å²) in [5.41, 5.74) is -1.14. The molecule has 31 heavy (non-hydrogen) atoms. The summed E-state index contributed by atoms with van der Waals surface area (Å²) < 4.78 is 0. The number of nitrogens with zero attached hydrogens (tertiary/aromatic N) is 1. The molecule has 7 nitrogen and oxygen atoms in total. The Kier molecular flexibility index (Phi) is 9.63. The van der Waals surface area contributed by atoms with Crippen molar-refractivity contribution in [3.8, 4) is 0 Å². The number of aliphatic hydroxyl groups is 2. The highest BCUT2D eigenvalue weighted by atomic mass is 35.5. The summed E-state index contributed by atoms with van der Waals surface area (Å²) in [5, 5.41) is 33.0. The van der Waals surface area contributed by atoms with Crippen LogP contribution in [0, 0.1) is 11.3 Å². The molecular weight excluding hydrogens is 443 g/mol. The number of aliphatic hydroxyl groups excluding tert-OH is 2. The molecule has 0 fully saturated rings. The molecule has 1 aromatic rings. The van der Waals surface area contributed by atoms with E-state index in [1.165, 1.54) is 4.90 Å². The number of amides is 2. The van der Waals surface area contributed by atoms with E-state index >= 15 is 0 Å². The van der Waals surface area contributed by atoms with Gasteiger partial charge >= 0.3 is 6.09 Å². The van der Waals surface area contributed by atoms with Crippen LogP contribution < -0.4 is 5.32 Å². The Morgan fingerprint density at radius 2 is 1.74 bits per heavy atom. The third-order valence-electron chi connectivity index (χ3n) is 5.38. The smallest absolute Gasteiger partial charge is 0.404 e. The van der Waals surface area contributed by atoms with E-state index < -0.39 is 35.7 Å². The quantitative estimate of drug-likeness (QED) is 0.433. The normalized spacial score (nSPS) is 15.8. The van der Waals surface area contributed by atoms with Gasteiger partial charge in [-0.05, 0) is 29.5 Å². The Bertz CT molecular complexity index is 782. The van der Waals surface area contributed by atoms with Gasteiger partial charge in [0.15, 0.2) is 0 Å². The first-order valence-corrected chi connectivity index (χ1v) is 10.9. The topological polar surface area (TPSA) is 110 Å². The number of benzene rings is 1. The lowest BCUT2D eigenvalue weighted by Gasteiger charge is -2.49. The Morgan fingerprint density at radius 3 is 2.16 bits per heavy atom. The zero-order valence-corrected chi connectivity index (χ0v) is 20.5. The first-order chi connectivity index (χ1) is 14.2. The van der Waals surface area contributed by atoms with Crippen molar-refractivity contribution in [2.45, 2.75) is 58.6 Å². The van der Waals surface area contributed by atoms with Crippen LogP contribution in [0.15, 0.2) is 18.2 Å². The Balaban J connectivity index is 3.86. The van der Waals surface area contributed by atoms with Gasteiger partial charge < -0.3 is 25.5 Å². The minimum absolute atomic E-state index is 0.0145. The van der Waals surface area contributed by atoms with Crippen molar-refractivity contribution in [3.63, 3.8) is 0 Å². The highest BCUT2D eigenvalue weighted by molar-refractivity contribution is 6.42. The van der Waals surface area contributed by atoms with Crippen molar-refractivity contribution in [2.24, 2.45) is 11.3 Å². The SMILES string of the molecule is CC(C)C(=O)N(C)CC(CC(O)CO)(c1ccc(Cl)c(Cl)c1)C(NC(=O)O)C(C)(C)C. The van der Waals surface area contributed by atoms with Gasteiger partial charge in [-0.3, -0.25) is 4.79 Å². The number of carboxylic acid groups (broad SMARTS) is 1. The molecule has 0 aromatic heterocycles. The van der Waals surface area contributed by atoms with Crippen LogP contribution in [0.5, 0.6) is 0 Å². The Hall–Kier alpha value is -1.54. The molecule has 1 aromatic carbocycles. The van der Waals surface area contributed by atoms with Crippen LogP contribution in [-0.4, -0.2) is 64.6 Å². The first-order valence-electron chi connectivity index (χ1n) is 10.1. The van der Waals surface area contributed by atoms with Crippen molar-refractivity contribution >= 4 is 35.2 Å². The molecule has 0 aliphatic heterocycles. The number of carbonyl (C=O) groups is 2. The van der Waals surface area contributed by atoms with E-state index in [9.17, 15) is 24.9 Å². The fourth-order valence-corrected chi connectivity index (χ4v) is 4.49. The second kappa shape index (κ2) is 10.9. The molecular formula is C22H34Cl2N2O5. The Labute approximate surface area is 194 Å². The number of rotatable bonds is 9. The minimum atomic E-state index is -1.24. The van der Waals surface area contributed by atoms with Crippen molar-refractivity contribution in [1.29, 1.82) is 0 Å². The van der Waals surface area contributed by atoms with Gasteiger partial charge in [-0.25, -0.2) is 4.79 Å². The van der Waals surface area contributed by atoms with E-state index in [-0.39, 0.29) is 29.8 Å². The molecule has 4 N–H and O–H groups in total. The van der Waals surface area contributed by atoms with Crippen molar-refractivity contribution in [1.82, 2.24) is 10.2 Å². The molecule has 1 rings (SSSR count). The minimum Gasteiger partial charge on any atom is -0.465 e. The molecule has 3 atom stereocenters. The molecule has 0 spiro atoms. The van der Waals surface area contributed by atoms with Crippen LogP contribution in [0.2, 0.25) is 10.0 Å². The molecule has 0 aliphatic carbocycles. The average molecular weight is 477 g/mol. The standard InChI is InChI=1S/C22H34Cl2N2O5/c1-13(2)18(29)26(6)12-22(10-15(28)11-27,14-7-8-16(23)17(24)9-14)19(21(3,4)5)25-20(30)31/h7-9,13,15,19,25,27-28H,10-12H2,1-6H3,(H,30,31). The monoisotopic (exact) mass is 476 g/mol. The van der Waals surface area contributed by atoms with E-state index in [1.54, 1.807) is 39.1 Å². The maximum absolute atomic E-state index is 12.8. The van der Waals surface area contributed by atoms with Crippen molar-refractivity contribution in [3.05, 3.63) is 33.8 Å².